The summed E-state index contributed by atoms with van der Waals surface area (Å²) < 4.78 is 4.97. The molecule has 0 saturated heterocycles. The second-order valence-corrected chi connectivity index (χ2v) is 3.04. The van der Waals surface area contributed by atoms with Gasteiger partial charge in [-0.25, -0.2) is 4.79 Å². The lowest BCUT2D eigenvalue weighted by Crippen LogP contribution is -2.40. The largest absolute Gasteiger partial charge is 0.383 e. The predicted octanol–water partition coefficient (Wildman–Crippen LogP) is 1.48. The molecule has 0 unspecified atom stereocenters. The molecule has 0 aromatic heterocycles. The van der Waals surface area contributed by atoms with Gasteiger partial charge in [0.15, 0.2) is 0 Å². The lowest BCUT2D eigenvalue weighted by atomic mass is 10.3. The van der Waals surface area contributed by atoms with Gasteiger partial charge in [0.1, 0.15) is 0 Å². The number of methoxy groups -OCH3 is 1. The minimum Gasteiger partial charge on any atom is -0.383 e. The van der Waals surface area contributed by atoms with Crippen molar-refractivity contribution in [2.75, 3.05) is 32.2 Å². The van der Waals surface area contributed by atoms with Crippen molar-refractivity contribution in [3.05, 3.63) is 30.3 Å². The maximum atomic E-state index is 11.6. The third-order valence-electron chi connectivity index (χ3n) is 2.05. The Morgan fingerprint density at radius 2 is 2.07 bits per heavy atom. The van der Waals surface area contributed by atoms with Crippen LogP contribution in [0.2, 0.25) is 0 Å². The van der Waals surface area contributed by atoms with Crippen LogP contribution < -0.4 is 10.2 Å². The van der Waals surface area contributed by atoms with Crippen LogP contribution in [-0.2, 0) is 4.74 Å². The van der Waals surface area contributed by atoms with Gasteiger partial charge in [0.25, 0.3) is 0 Å². The van der Waals surface area contributed by atoms with Gasteiger partial charge in [-0.2, -0.15) is 0 Å². The van der Waals surface area contributed by atoms with Crippen molar-refractivity contribution in [2.24, 2.45) is 0 Å². The van der Waals surface area contributed by atoms with E-state index in [1.54, 1.807) is 19.1 Å². The van der Waals surface area contributed by atoms with E-state index in [4.69, 9.17) is 4.74 Å². The number of carbonyl (C=O) groups is 1. The van der Waals surface area contributed by atoms with E-state index in [1.807, 2.05) is 30.3 Å². The summed E-state index contributed by atoms with van der Waals surface area (Å²) in [5.74, 6) is 0. The number of rotatable bonds is 4. The van der Waals surface area contributed by atoms with Crippen LogP contribution in [0.4, 0.5) is 10.5 Å². The van der Waals surface area contributed by atoms with E-state index in [2.05, 4.69) is 5.32 Å². The molecule has 1 rings (SSSR count). The second-order valence-electron chi connectivity index (χ2n) is 3.04. The van der Waals surface area contributed by atoms with Crippen LogP contribution in [0, 0.1) is 0 Å². The molecule has 2 amide bonds. The number of hydrogen-bond donors (Lipinski definition) is 1. The summed E-state index contributed by atoms with van der Waals surface area (Å²) in [4.78, 5) is 13.2. The maximum Gasteiger partial charge on any atom is 0.321 e. The lowest BCUT2D eigenvalue weighted by molar-refractivity contribution is 0.202. The molecule has 15 heavy (non-hydrogen) atoms. The van der Waals surface area contributed by atoms with Crippen molar-refractivity contribution >= 4 is 11.7 Å². The molecule has 1 aromatic rings. The Balaban J connectivity index is 2.76. The molecular weight excluding hydrogens is 192 g/mol. The van der Waals surface area contributed by atoms with Gasteiger partial charge in [0, 0.05) is 19.8 Å². The Labute approximate surface area is 89.8 Å². The fourth-order valence-electron chi connectivity index (χ4n) is 1.27. The molecule has 0 bridgehead atoms. The topological polar surface area (TPSA) is 41.6 Å². The summed E-state index contributed by atoms with van der Waals surface area (Å²) in [7, 11) is 3.23. The van der Waals surface area contributed by atoms with Crippen LogP contribution >= 0.6 is 0 Å². The summed E-state index contributed by atoms with van der Waals surface area (Å²) in [6.45, 7) is 1.06. The quantitative estimate of drug-likeness (QED) is 0.814. The minimum atomic E-state index is -0.127. The van der Waals surface area contributed by atoms with E-state index in [1.165, 1.54) is 0 Å². The van der Waals surface area contributed by atoms with Gasteiger partial charge in [-0.15, -0.1) is 0 Å². The first-order chi connectivity index (χ1) is 7.29. The third kappa shape index (κ3) is 3.25. The number of nitrogens with zero attached hydrogens (tertiary/aromatic N) is 1. The Bertz CT molecular complexity index is 301. The first-order valence-corrected chi connectivity index (χ1v) is 4.83. The molecule has 0 aliphatic carbocycles. The summed E-state index contributed by atoms with van der Waals surface area (Å²) in [6.07, 6.45) is 0. The summed E-state index contributed by atoms with van der Waals surface area (Å²) in [6, 6.07) is 9.38. The van der Waals surface area contributed by atoms with Crippen LogP contribution in [0.1, 0.15) is 0 Å². The molecule has 4 nitrogen and oxygen atoms in total. The molecule has 0 fully saturated rings. The molecule has 0 spiro atoms. The smallest absolute Gasteiger partial charge is 0.321 e. The van der Waals surface area contributed by atoms with E-state index < -0.39 is 0 Å². The van der Waals surface area contributed by atoms with Gasteiger partial charge >= 0.3 is 6.03 Å². The van der Waals surface area contributed by atoms with Gasteiger partial charge in [-0.05, 0) is 12.1 Å². The summed E-state index contributed by atoms with van der Waals surface area (Å²) >= 11 is 0. The Kier molecular flexibility index (Phi) is 4.63. The monoisotopic (exact) mass is 208 g/mol. The number of urea groups is 1. The Morgan fingerprint density at radius 1 is 1.40 bits per heavy atom. The molecule has 0 aliphatic heterocycles. The van der Waals surface area contributed by atoms with Crippen LogP contribution in [0.3, 0.4) is 0 Å². The van der Waals surface area contributed by atoms with Crippen molar-refractivity contribution in [2.45, 2.75) is 0 Å². The van der Waals surface area contributed by atoms with E-state index in [0.29, 0.717) is 13.2 Å². The zero-order valence-corrected chi connectivity index (χ0v) is 9.06. The van der Waals surface area contributed by atoms with Gasteiger partial charge in [-0.1, -0.05) is 18.2 Å². The number of nitrogens with one attached hydrogen (secondary N) is 1. The normalized spacial score (nSPS) is 9.73. The van der Waals surface area contributed by atoms with E-state index in [0.717, 1.165) is 5.69 Å². The lowest BCUT2D eigenvalue weighted by Gasteiger charge is -2.21. The first kappa shape index (κ1) is 11.5. The number of benzene rings is 1. The Hall–Kier alpha value is -1.55. The van der Waals surface area contributed by atoms with Gasteiger partial charge < -0.3 is 10.1 Å². The number of ether oxygens (including phenoxy) is 1. The highest BCUT2D eigenvalue weighted by Gasteiger charge is 2.12. The van der Waals surface area contributed by atoms with Gasteiger partial charge in [-0.3, -0.25) is 4.90 Å². The van der Waals surface area contributed by atoms with Crippen molar-refractivity contribution < 1.29 is 9.53 Å². The SMILES string of the molecule is CNC(=O)N(CCOC)c1ccccc1. The first-order valence-electron chi connectivity index (χ1n) is 4.83. The molecule has 4 heteroatoms. The molecule has 1 N–H and O–H groups in total. The molecule has 1 aromatic carbocycles. The summed E-state index contributed by atoms with van der Waals surface area (Å²) in [5, 5.41) is 2.60. The Morgan fingerprint density at radius 3 is 2.60 bits per heavy atom. The highest BCUT2D eigenvalue weighted by atomic mass is 16.5. The van der Waals surface area contributed by atoms with E-state index >= 15 is 0 Å². The van der Waals surface area contributed by atoms with Crippen molar-refractivity contribution in [3.8, 4) is 0 Å². The number of hydrogen-bond acceptors (Lipinski definition) is 2. The fraction of sp³-hybridized carbons (Fsp3) is 0.364. The van der Waals surface area contributed by atoms with E-state index in [-0.39, 0.29) is 6.03 Å². The fourth-order valence-corrected chi connectivity index (χ4v) is 1.27. The van der Waals surface area contributed by atoms with Crippen molar-refractivity contribution in [1.82, 2.24) is 5.32 Å². The van der Waals surface area contributed by atoms with Crippen LogP contribution in [-0.4, -0.2) is 33.3 Å². The van der Waals surface area contributed by atoms with Gasteiger partial charge in [0.2, 0.25) is 0 Å². The average Bonchev–Trinajstić information content (AvgIpc) is 2.30. The zero-order chi connectivity index (χ0) is 11.1. The standard InChI is InChI=1S/C11H16N2O2/c1-12-11(14)13(8-9-15-2)10-6-4-3-5-7-10/h3-7H,8-9H2,1-2H3,(H,12,14). The highest BCUT2D eigenvalue weighted by molar-refractivity contribution is 5.91. The predicted molar refractivity (Wildman–Crippen MR) is 60.1 cm³/mol. The number of anilines is 1. The average molecular weight is 208 g/mol. The van der Waals surface area contributed by atoms with Crippen LogP contribution in [0.5, 0.6) is 0 Å². The molecule has 0 atom stereocenters. The minimum absolute atomic E-state index is 0.127. The second kappa shape index (κ2) is 6.03. The number of amides is 2. The number of para-hydroxylation sites is 1. The highest BCUT2D eigenvalue weighted by Crippen LogP contribution is 2.12. The zero-order valence-electron chi connectivity index (χ0n) is 9.06. The van der Waals surface area contributed by atoms with Gasteiger partial charge in [0.05, 0.1) is 13.2 Å². The maximum absolute atomic E-state index is 11.6. The number of carbonyl (C=O) groups excluding carboxylic acids is 1. The summed E-state index contributed by atoms with van der Waals surface area (Å²) in [5.41, 5.74) is 0.869. The van der Waals surface area contributed by atoms with Crippen molar-refractivity contribution in [3.63, 3.8) is 0 Å². The molecule has 0 radical (unpaired) electrons. The molecule has 0 saturated carbocycles. The third-order valence-corrected chi connectivity index (χ3v) is 2.05. The molecule has 0 aliphatic rings. The van der Waals surface area contributed by atoms with Crippen LogP contribution in [0.15, 0.2) is 30.3 Å². The molecule has 82 valence electrons. The van der Waals surface area contributed by atoms with Crippen LogP contribution in [0.25, 0.3) is 0 Å². The van der Waals surface area contributed by atoms with E-state index in [9.17, 15) is 4.79 Å². The molecular formula is C11H16N2O2. The molecule has 0 heterocycles. The van der Waals surface area contributed by atoms with Crippen molar-refractivity contribution in [1.29, 1.82) is 0 Å².